The number of nitrogens with two attached hydrogens (primary N) is 1. The number of hydrogen-bond donors (Lipinski definition) is 1. The van der Waals surface area contributed by atoms with Crippen LogP contribution in [0.2, 0.25) is 0 Å². The maximum Gasteiger partial charge on any atom is 0.340 e. The van der Waals surface area contributed by atoms with Crippen molar-refractivity contribution in [1.29, 1.82) is 0 Å². The van der Waals surface area contributed by atoms with E-state index in [1.165, 1.54) is 0 Å². The lowest BCUT2D eigenvalue weighted by atomic mass is 9.92. The number of likely N-dealkylation sites (tertiary alicyclic amines) is 1. The van der Waals surface area contributed by atoms with Crippen molar-refractivity contribution in [2.45, 2.75) is 20.3 Å². The third kappa shape index (κ3) is 4.34. The molecule has 0 radical (unpaired) electrons. The number of carbonyl (C=O) groups is 2. The van der Waals surface area contributed by atoms with Crippen molar-refractivity contribution >= 4 is 40.2 Å². The zero-order valence-corrected chi connectivity index (χ0v) is 15.0. The highest BCUT2D eigenvalue weighted by atomic mass is 127. The third-order valence-electron chi connectivity index (χ3n) is 3.78. The molecule has 120 valence electrons. The van der Waals surface area contributed by atoms with Crippen molar-refractivity contribution in [2.75, 3.05) is 25.4 Å². The van der Waals surface area contributed by atoms with Gasteiger partial charge in [0.2, 0.25) is 0 Å². The zero-order chi connectivity index (χ0) is 16.3. The van der Waals surface area contributed by atoms with Crippen LogP contribution < -0.4 is 5.73 Å². The number of ether oxygens (including phenoxy) is 1. The van der Waals surface area contributed by atoms with E-state index in [0.29, 0.717) is 23.1 Å². The Morgan fingerprint density at radius 1 is 1.32 bits per heavy atom. The molecule has 1 saturated heterocycles. The van der Waals surface area contributed by atoms with Gasteiger partial charge in [-0.2, -0.15) is 0 Å². The van der Waals surface area contributed by atoms with Crippen molar-refractivity contribution in [3.63, 3.8) is 0 Å². The number of amides is 1. The highest BCUT2D eigenvalue weighted by molar-refractivity contribution is 14.1. The van der Waals surface area contributed by atoms with Gasteiger partial charge in [-0.25, -0.2) is 4.79 Å². The molecule has 1 heterocycles. The average molecular weight is 416 g/mol. The molecular weight excluding hydrogens is 395 g/mol. The van der Waals surface area contributed by atoms with Crippen molar-refractivity contribution < 1.29 is 14.3 Å². The minimum atomic E-state index is -0.553. The van der Waals surface area contributed by atoms with Gasteiger partial charge in [-0.3, -0.25) is 4.79 Å². The predicted octanol–water partition coefficient (Wildman–Crippen LogP) is 2.53. The van der Waals surface area contributed by atoms with Crippen LogP contribution in [0.3, 0.4) is 0 Å². The Labute approximate surface area is 144 Å². The molecule has 0 saturated carbocycles. The number of hydrogen-bond acceptors (Lipinski definition) is 4. The van der Waals surface area contributed by atoms with E-state index < -0.39 is 5.97 Å². The molecule has 22 heavy (non-hydrogen) atoms. The fourth-order valence-electron chi connectivity index (χ4n) is 2.87. The molecule has 0 spiro atoms. The van der Waals surface area contributed by atoms with Crippen LogP contribution in [-0.2, 0) is 9.53 Å². The summed E-state index contributed by atoms with van der Waals surface area (Å²) >= 11 is 2.10. The largest absolute Gasteiger partial charge is 0.452 e. The lowest BCUT2D eigenvalue weighted by molar-refractivity contribution is -0.137. The third-order valence-corrected chi connectivity index (χ3v) is 4.45. The van der Waals surface area contributed by atoms with Crippen molar-refractivity contribution in [3.8, 4) is 0 Å². The maximum atomic E-state index is 12.2. The molecule has 0 unspecified atom stereocenters. The number of anilines is 1. The van der Waals surface area contributed by atoms with E-state index in [0.717, 1.165) is 23.1 Å². The second kappa shape index (κ2) is 7.30. The fourth-order valence-corrected chi connectivity index (χ4v) is 3.36. The summed E-state index contributed by atoms with van der Waals surface area (Å²) in [6.07, 6.45) is 1.13. The number of nitrogen functional groups attached to an aromatic ring is 1. The first-order valence-corrected chi connectivity index (χ1v) is 8.44. The second-order valence-electron chi connectivity index (χ2n) is 6.05. The minimum Gasteiger partial charge on any atom is -0.452 e. The van der Waals surface area contributed by atoms with Crippen LogP contribution in [-0.4, -0.2) is 36.5 Å². The van der Waals surface area contributed by atoms with E-state index in [9.17, 15) is 9.59 Å². The summed E-state index contributed by atoms with van der Waals surface area (Å²) in [5.74, 6) is 0.267. The molecule has 1 aromatic rings. The smallest absolute Gasteiger partial charge is 0.340 e. The summed E-state index contributed by atoms with van der Waals surface area (Å²) in [4.78, 5) is 26.0. The molecule has 5 nitrogen and oxygen atoms in total. The first-order valence-electron chi connectivity index (χ1n) is 7.36. The van der Waals surface area contributed by atoms with Gasteiger partial charge < -0.3 is 15.4 Å². The van der Waals surface area contributed by atoms with E-state index in [1.54, 1.807) is 17.0 Å². The SMILES string of the molecule is C[C@@H]1C[C@H](C)CN(C(=O)COC(=O)c2cc(I)ccc2N)C1. The molecule has 1 fully saturated rings. The summed E-state index contributed by atoms with van der Waals surface area (Å²) in [5.41, 5.74) is 6.44. The van der Waals surface area contributed by atoms with Crippen molar-refractivity contribution in [2.24, 2.45) is 11.8 Å². The van der Waals surface area contributed by atoms with Crippen LogP contribution in [0.5, 0.6) is 0 Å². The average Bonchev–Trinajstić information content (AvgIpc) is 2.45. The van der Waals surface area contributed by atoms with Gasteiger partial charge in [0.25, 0.3) is 5.91 Å². The number of halogens is 1. The summed E-state index contributed by atoms with van der Waals surface area (Å²) in [7, 11) is 0. The summed E-state index contributed by atoms with van der Waals surface area (Å²) in [6.45, 7) is 5.49. The second-order valence-corrected chi connectivity index (χ2v) is 7.30. The maximum absolute atomic E-state index is 12.2. The van der Waals surface area contributed by atoms with Gasteiger partial charge in [0, 0.05) is 22.3 Å². The van der Waals surface area contributed by atoms with E-state index >= 15 is 0 Å². The number of benzene rings is 1. The predicted molar refractivity (Wildman–Crippen MR) is 93.4 cm³/mol. The van der Waals surface area contributed by atoms with Crippen LogP contribution in [0.4, 0.5) is 5.69 Å². The first-order chi connectivity index (χ1) is 10.4. The molecule has 1 amide bonds. The number of rotatable bonds is 3. The molecule has 1 aromatic carbocycles. The summed E-state index contributed by atoms with van der Waals surface area (Å²) < 4.78 is 6.03. The van der Waals surface area contributed by atoms with E-state index in [2.05, 4.69) is 36.4 Å². The molecule has 6 heteroatoms. The van der Waals surface area contributed by atoms with Crippen LogP contribution in [0.15, 0.2) is 18.2 Å². The first kappa shape index (κ1) is 17.1. The van der Waals surface area contributed by atoms with Crippen LogP contribution in [0.1, 0.15) is 30.6 Å². The van der Waals surface area contributed by atoms with Gasteiger partial charge in [-0.15, -0.1) is 0 Å². The number of carbonyl (C=O) groups excluding carboxylic acids is 2. The quantitative estimate of drug-likeness (QED) is 0.467. The molecular formula is C16H21IN2O3. The van der Waals surface area contributed by atoms with E-state index in [-0.39, 0.29) is 12.5 Å². The van der Waals surface area contributed by atoms with Gasteiger partial charge in [-0.05, 0) is 59.0 Å². The number of nitrogens with zero attached hydrogens (tertiary/aromatic N) is 1. The van der Waals surface area contributed by atoms with Gasteiger partial charge >= 0.3 is 5.97 Å². The van der Waals surface area contributed by atoms with Crippen LogP contribution in [0, 0.1) is 15.4 Å². The highest BCUT2D eigenvalue weighted by Crippen LogP contribution is 2.21. The molecule has 0 aliphatic carbocycles. The monoisotopic (exact) mass is 416 g/mol. The van der Waals surface area contributed by atoms with Crippen LogP contribution >= 0.6 is 22.6 Å². The van der Waals surface area contributed by atoms with Crippen LogP contribution in [0.25, 0.3) is 0 Å². The number of piperidine rings is 1. The Morgan fingerprint density at radius 3 is 2.59 bits per heavy atom. The van der Waals surface area contributed by atoms with Gasteiger partial charge in [-0.1, -0.05) is 13.8 Å². The fraction of sp³-hybridized carbons (Fsp3) is 0.500. The Bertz CT molecular complexity index is 567. The zero-order valence-electron chi connectivity index (χ0n) is 12.8. The molecule has 1 aliphatic heterocycles. The van der Waals surface area contributed by atoms with Gasteiger partial charge in [0.05, 0.1) is 5.56 Å². The Hall–Kier alpha value is -1.31. The highest BCUT2D eigenvalue weighted by Gasteiger charge is 2.26. The molecule has 2 N–H and O–H groups in total. The van der Waals surface area contributed by atoms with E-state index in [4.69, 9.17) is 10.5 Å². The standard InChI is InChI=1S/C16H21IN2O3/c1-10-5-11(2)8-19(7-10)15(20)9-22-16(21)13-6-12(17)3-4-14(13)18/h3-4,6,10-11H,5,7-9,18H2,1-2H3/t10-,11+. The molecule has 0 bridgehead atoms. The summed E-state index contributed by atoms with van der Waals surface area (Å²) in [5, 5.41) is 0. The topological polar surface area (TPSA) is 72.6 Å². The van der Waals surface area contributed by atoms with E-state index in [1.807, 2.05) is 6.07 Å². The normalized spacial score (nSPS) is 21.5. The minimum absolute atomic E-state index is 0.143. The lowest BCUT2D eigenvalue weighted by Gasteiger charge is -2.34. The molecule has 2 atom stereocenters. The summed E-state index contributed by atoms with van der Waals surface area (Å²) in [6, 6.07) is 5.14. The Kier molecular flexibility index (Phi) is 5.66. The number of esters is 1. The molecule has 1 aliphatic rings. The van der Waals surface area contributed by atoms with Crippen molar-refractivity contribution in [3.05, 3.63) is 27.3 Å². The van der Waals surface area contributed by atoms with Gasteiger partial charge in [0.1, 0.15) is 0 Å². The lowest BCUT2D eigenvalue weighted by Crippen LogP contribution is -2.44. The van der Waals surface area contributed by atoms with Gasteiger partial charge in [0.15, 0.2) is 6.61 Å². The van der Waals surface area contributed by atoms with Crippen molar-refractivity contribution in [1.82, 2.24) is 4.90 Å². The molecule has 0 aromatic heterocycles. The molecule has 2 rings (SSSR count). The Balaban J connectivity index is 1.93. The Morgan fingerprint density at radius 2 is 1.95 bits per heavy atom.